The minimum Gasteiger partial charge on any atom is -0.481 e. The normalized spacial score (nSPS) is 11.7. The van der Waals surface area contributed by atoms with Gasteiger partial charge in [-0.1, -0.05) is 6.07 Å². The zero-order valence-corrected chi connectivity index (χ0v) is 18.0. The number of carbonyl (C=O) groups is 1. The van der Waals surface area contributed by atoms with Gasteiger partial charge in [-0.3, -0.25) is 4.79 Å². The maximum Gasteiger partial charge on any atom is 0.312 e. The first-order chi connectivity index (χ1) is 15.5. The fourth-order valence-corrected chi connectivity index (χ4v) is 3.24. The lowest BCUT2D eigenvalue weighted by Crippen LogP contribution is -2.31. The minimum atomic E-state index is -1.07. The van der Waals surface area contributed by atoms with Crippen LogP contribution in [0.1, 0.15) is 19.4 Å². The second-order valence-electron chi connectivity index (χ2n) is 8.39. The molecule has 0 unspecified atom stereocenters. The predicted octanol–water partition coefficient (Wildman–Crippen LogP) is 5.51. The van der Waals surface area contributed by atoms with Crippen LogP contribution in [0.15, 0.2) is 42.6 Å². The molecule has 4 rings (SSSR count). The number of halogens is 3. The number of fused-ring (bicyclic) bond motifs is 1. The Morgan fingerprint density at radius 3 is 2.52 bits per heavy atom. The van der Waals surface area contributed by atoms with Crippen molar-refractivity contribution in [1.82, 2.24) is 15.0 Å². The van der Waals surface area contributed by atoms with Crippen molar-refractivity contribution in [1.29, 1.82) is 0 Å². The Hall–Kier alpha value is -3.88. The Bertz CT molecular complexity index is 1380. The Balaban J connectivity index is 1.60. The molecular weight excluding hydrogens is 435 g/mol. The van der Waals surface area contributed by atoms with Crippen LogP contribution in [0, 0.1) is 29.8 Å². The molecule has 0 saturated carbocycles. The summed E-state index contributed by atoms with van der Waals surface area (Å²) >= 11 is 0. The number of carboxylic acid groups (broad SMARTS) is 1. The number of benzene rings is 2. The molecule has 0 aliphatic heterocycles. The van der Waals surface area contributed by atoms with Gasteiger partial charge in [-0.25, -0.2) is 23.1 Å². The molecule has 33 heavy (non-hydrogen) atoms. The van der Waals surface area contributed by atoms with Crippen molar-refractivity contribution in [3.05, 3.63) is 65.6 Å². The highest BCUT2D eigenvalue weighted by molar-refractivity contribution is 5.80. The highest BCUT2D eigenvalue weighted by Gasteiger charge is 2.28. The van der Waals surface area contributed by atoms with Gasteiger partial charge in [-0.2, -0.15) is 0 Å². The average Bonchev–Trinajstić information content (AvgIpc) is 3.16. The Kier molecular flexibility index (Phi) is 5.57. The van der Waals surface area contributed by atoms with E-state index in [-0.39, 0.29) is 29.0 Å². The van der Waals surface area contributed by atoms with E-state index in [1.54, 1.807) is 32.9 Å². The fraction of sp³-hybridized carbons (Fsp3) is 0.208. The van der Waals surface area contributed by atoms with Crippen molar-refractivity contribution in [2.45, 2.75) is 20.8 Å². The molecule has 2 aromatic heterocycles. The van der Waals surface area contributed by atoms with Crippen LogP contribution in [0.5, 0.6) is 5.88 Å². The Labute approximate surface area is 187 Å². The molecular formula is C24H20F3N3O3. The van der Waals surface area contributed by atoms with Gasteiger partial charge in [-0.05, 0) is 50.6 Å². The summed E-state index contributed by atoms with van der Waals surface area (Å²) in [5, 5.41) is 9.20. The summed E-state index contributed by atoms with van der Waals surface area (Å²) in [4.78, 5) is 22.3. The number of hydrogen-bond acceptors (Lipinski definition) is 4. The lowest BCUT2D eigenvalue weighted by molar-refractivity contribution is -0.148. The van der Waals surface area contributed by atoms with Gasteiger partial charge >= 0.3 is 5.97 Å². The molecule has 170 valence electrons. The molecule has 9 heteroatoms. The van der Waals surface area contributed by atoms with Gasteiger partial charge in [0, 0.05) is 23.4 Å². The van der Waals surface area contributed by atoms with E-state index in [9.17, 15) is 23.1 Å². The third-order valence-corrected chi connectivity index (χ3v) is 5.24. The van der Waals surface area contributed by atoms with Crippen LogP contribution in [-0.4, -0.2) is 32.6 Å². The number of aromatic nitrogens is 3. The number of hydrogen-bond donors (Lipinski definition) is 2. The van der Waals surface area contributed by atoms with Crippen molar-refractivity contribution in [2.75, 3.05) is 6.61 Å². The molecule has 0 saturated heterocycles. The van der Waals surface area contributed by atoms with Crippen LogP contribution >= 0.6 is 0 Å². The maximum atomic E-state index is 14.9. The highest BCUT2D eigenvalue weighted by Crippen LogP contribution is 2.30. The molecule has 0 amide bonds. The molecule has 0 atom stereocenters. The summed E-state index contributed by atoms with van der Waals surface area (Å²) in [6.07, 6.45) is 1.50. The molecule has 0 radical (unpaired) electrons. The number of aryl methyl sites for hydroxylation is 1. The van der Waals surface area contributed by atoms with E-state index in [1.807, 2.05) is 0 Å². The fourth-order valence-electron chi connectivity index (χ4n) is 3.24. The van der Waals surface area contributed by atoms with Crippen molar-refractivity contribution in [3.63, 3.8) is 0 Å². The number of nitrogens with zero attached hydrogens (tertiary/aromatic N) is 2. The van der Waals surface area contributed by atoms with E-state index in [2.05, 4.69) is 15.0 Å². The summed E-state index contributed by atoms with van der Waals surface area (Å²) in [5.41, 5.74) is 0.919. The number of H-pyrrole nitrogens is 1. The van der Waals surface area contributed by atoms with Crippen LogP contribution in [0.4, 0.5) is 13.2 Å². The first-order valence-corrected chi connectivity index (χ1v) is 10.0. The molecule has 4 aromatic rings. The Morgan fingerprint density at radius 1 is 1.09 bits per heavy atom. The lowest BCUT2D eigenvalue weighted by atomic mass is 9.95. The van der Waals surface area contributed by atoms with Gasteiger partial charge < -0.3 is 14.8 Å². The van der Waals surface area contributed by atoms with Gasteiger partial charge in [0.15, 0.2) is 5.82 Å². The van der Waals surface area contributed by atoms with Gasteiger partial charge in [0.2, 0.25) is 5.88 Å². The largest absolute Gasteiger partial charge is 0.481 e. The summed E-state index contributed by atoms with van der Waals surface area (Å²) < 4.78 is 47.8. The molecule has 2 aromatic carbocycles. The smallest absolute Gasteiger partial charge is 0.312 e. The number of rotatable bonds is 6. The lowest BCUT2D eigenvalue weighted by Gasteiger charge is -2.19. The predicted molar refractivity (Wildman–Crippen MR) is 116 cm³/mol. The van der Waals surface area contributed by atoms with Gasteiger partial charge in [0.05, 0.1) is 16.5 Å². The van der Waals surface area contributed by atoms with E-state index in [0.717, 1.165) is 12.1 Å². The SMILES string of the molecule is Cc1cc(-c2ccc(-c3nc4c(F)cc(F)cc4[nH]3)c(F)c2)cnc1OCC(C)(C)C(=O)O. The molecule has 0 aliphatic carbocycles. The number of carboxylic acids is 1. The summed E-state index contributed by atoms with van der Waals surface area (Å²) in [6.45, 7) is 4.81. The van der Waals surface area contributed by atoms with Crippen LogP contribution in [0.25, 0.3) is 33.5 Å². The average molecular weight is 455 g/mol. The molecule has 2 heterocycles. The van der Waals surface area contributed by atoms with Crippen molar-refractivity contribution >= 4 is 17.0 Å². The molecule has 2 N–H and O–H groups in total. The zero-order valence-electron chi connectivity index (χ0n) is 18.0. The van der Waals surface area contributed by atoms with Crippen LogP contribution in [-0.2, 0) is 4.79 Å². The topological polar surface area (TPSA) is 88.1 Å². The van der Waals surface area contributed by atoms with Gasteiger partial charge in [0.25, 0.3) is 0 Å². The van der Waals surface area contributed by atoms with Gasteiger partial charge in [0.1, 0.15) is 29.6 Å². The van der Waals surface area contributed by atoms with Crippen molar-refractivity contribution in [2.24, 2.45) is 5.41 Å². The van der Waals surface area contributed by atoms with E-state index in [1.165, 1.54) is 18.3 Å². The van der Waals surface area contributed by atoms with Gasteiger partial charge in [-0.15, -0.1) is 0 Å². The number of ether oxygens (including phenoxy) is 1. The summed E-state index contributed by atoms with van der Waals surface area (Å²) in [5.74, 6) is -2.80. The third-order valence-electron chi connectivity index (χ3n) is 5.24. The first-order valence-electron chi connectivity index (χ1n) is 10.0. The van der Waals surface area contributed by atoms with Crippen molar-refractivity contribution in [3.8, 4) is 28.4 Å². The number of imidazole rings is 1. The molecule has 0 aliphatic rings. The number of aromatic amines is 1. The number of aliphatic carboxylic acids is 1. The highest BCUT2D eigenvalue weighted by atomic mass is 19.1. The third kappa shape index (κ3) is 4.39. The monoisotopic (exact) mass is 455 g/mol. The second-order valence-corrected chi connectivity index (χ2v) is 8.39. The number of nitrogens with one attached hydrogen (secondary N) is 1. The Morgan fingerprint density at radius 2 is 1.85 bits per heavy atom. The zero-order chi connectivity index (χ0) is 23.9. The van der Waals surface area contributed by atoms with Crippen molar-refractivity contribution < 1.29 is 27.8 Å². The van der Waals surface area contributed by atoms with Crippen LogP contribution in [0.3, 0.4) is 0 Å². The first kappa shape index (κ1) is 22.3. The molecule has 6 nitrogen and oxygen atoms in total. The summed E-state index contributed by atoms with van der Waals surface area (Å²) in [6, 6.07) is 8.02. The standard InChI is InChI=1S/C24H20F3N3O3/c1-12-6-14(10-28-22(12)33-11-24(2,3)23(31)32)13-4-5-16(17(26)7-13)21-29-19-9-15(25)8-18(27)20(19)30-21/h4-10H,11H2,1-3H3,(H,29,30)(H,31,32). The molecule has 0 fully saturated rings. The maximum absolute atomic E-state index is 14.9. The second kappa shape index (κ2) is 8.23. The van der Waals surface area contributed by atoms with E-state index in [4.69, 9.17) is 4.74 Å². The minimum absolute atomic E-state index is 0.0547. The summed E-state index contributed by atoms with van der Waals surface area (Å²) in [7, 11) is 0. The number of pyridine rings is 1. The van der Waals surface area contributed by atoms with E-state index in [0.29, 0.717) is 22.6 Å². The van der Waals surface area contributed by atoms with Crippen LogP contribution in [0.2, 0.25) is 0 Å². The van der Waals surface area contributed by atoms with E-state index < -0.39 is 28.8 Å². The molecule has 0 bridgehead atoms. The van der Waals surface area contributed by atoms with E-state index >= 15 is 0 Å². The molecule has 0 spiro atoms. The quantitative estimate of drug-likeness (QED) is 0.400. The van der Waals surface area contributed by atoms with Crippen LogP contribution < -0.4 is 4.74 Å².